The highest BCUT2D eigenvalue weighted by molar-refractivity contribution is 6.12. The summed E-state index contributed by atoms with van der Waals surface area (Å²) in [5, 5.41) is 14.1. The third-order valence-corrected chi connectivity index (χ3v) is 5.01. The molecule has 0 aromatic heterocycles. The third kappa shape index (κ3) is 3.23. The van der Waals surface area contributed by atoms with E-state index in [1.807, 2.05) is 6.07 Å². The van der Waals surface area contributed by atoms with Crippen LogP contribution >= 0.6 is 0 Å². The fraction of sp³-hybridized carbons (Fsp3) is 0.130. The topological polar surface area (TPSA) is 78.9 Å². The minimum atomic E-state index is -1.82. The summed E-state index contributed by atoms with van der Waals surface area (Å²) in [7, 11) is 1.57. The van der Waals surface area contributed by atoms with Crippen LogP contribution in [0.3, 0.4) is 0 Å². The molecule has 0 aliphatic carbocycles. The van der Waals surface area contributed by atoms with Gasteiger partial charge in [0, 0.05) is 11.3 Å². The molecule has 3 aromatic rings. The highest BCUT2D eigenvalue weighted by Gasteiger charge is 2.51. The van der Waals surface area contributed by atoms with Gasteiger partial charge in [-0.2, -0.15) is 0 Å². The Labute approximate surface area is 168 Å². The molecule has 1 heterocycles. The van der Waals surface area contributed by atoms with Crippen molar-refractivity contribution < 1.29 is 19.4 Å². The van der Waals surface area contributed by atoms with E-state index in [4.69, 9.17) is 4.74 Å². The number of rotatable bonds is 5. The number of methoxy groups -OCH3 is 1. The van der Waals surface area contributed by atoms with Crippen LogP contribution in [0.4, 0.5) is 11.4 Å². The first-order valence-corrected chi connectivity index (χ1v) is 9.17. The first-order valence-electron chi connectivity index (χ1n) is 9.17. The Bertz CT molecular complexity index is 1050. The Morgan fingerprint density at radius 2 is 1.66 bits per heavy atom. The molecule has 4 rings (SSSR count). The van der Waals surface area contributed by atoms with Crippen LogP contribution in [0, 0.1) is 0 Å². The highest BCUT2D eigenvalue weighted by Crippen LogP contribution is 2.44. The van der Waals surface area contributed by atoms with Gasteiger partial charge in [0.15, 0.2) is 5.60 Å². The van der Waals surface area contributed by atoms with E-state index in [0.717, 1.165) is 0 Å². The molecule has 3 aromatic carbocycles. The molecule has 0 bridgehead atoms. The van der Waals surface area contributed by atoms with Crippen LogP contribution in [0.5, 0.6) is 5.75 Å². The Balaban J connectivity index is 1.61. The number of benzene rings is 3. The van der Waals surface area contributed by atoms with E-state index < -0.39 is 11.5 Å². The second-order valence-electron chi connectivity index (χ2n) is 6.76. The standard InChI is InChI=1S/C23H20N2O4/c1-29-18-13-11-17(12-14-18)24-21(26)15-25-20-10-6-5-9-19(20)23(28,22(25)27)16-7-3-2-4-8-16/h2-14,28H,15H2,1H3,(H,24,26)/t23-/m1/s1. The zero-order valence-corrected chi connectivity index (χ0v) is 15.8. The quantitative estimate of drug-likeness (QED) is 0.704. The van der Waals surface area contributed by atoms with Crippen molar-refractivity contribution in [2.24, 2.45) is 0 Å². The largest absolute Gasteiger partial charge is 0.497 e. The molecule has 1 aliphatic heterocycles. The van der Waals surface area contributed by atoms with Gasteiger partial charge in [0.2, 0.25) is 5.91 Å². The molecule has 0 spiro atoms. The predicted molar refractivity (Wildman–Crippen MR) is 110 cm³/mol. The number of ether oxygens (including phenoxy) is 1. The molecule has 29 heavy (non-hydrogen) atoms. The van der Waals surface area contributed by atoms with E-state index in [2.05, 4.69) is 5.32 Å². The maximum absolute atomic E-state index is 13.2. The van der Waals surface area contributed by atoms with Gasteiger partial charge in [-0.3, -0.25) is 14.5 Å². The summed E-state index contributed by atoms with van der Waals surface area (Å²) in [6.07, 6.45) is 0. The number of nitrogens with one attached hydrogen (secondary N) is 1. The average Bonchev–Trinajstić information content (AvgIpc) is 2.98. The van der Waals surface area contributed by atoms with Gasteiger partial charge in [-0.25, -0.2) is 0 Å². The van der Waals surface area contributed by atoms with Gasteiger partial charge in [-0.15, -0.1) is 0 Å². The molecule has 2 amide bonds. The normalized spacial score (nSPS) is 17.7. The molecule has 1 aliphatic rings. The zero-order valence-electron chi connectivity index (χ0n) is 15.8. The number of hydrogen-bond acceptors (Lipinski definition) is 4. The van der Waals surface area contributed by atoms with Crippen LogP contribution in [-0.4, -0.2) is 30.6 Å². The zero-order chi connectivity index (χ0) is 20.4. The molecule has 6 nitrogen and oxygen atoms in total. The fourth-order valence-corrected chi connectivity index (χ4v) is 3.57. The third-order valence-electron chi connectivity index (χ3n) is 5.01. The lowest BCUT2D eigenvalue weighted by molar-refractivity contribution is -0.133. The number of amides is 2. The monoisotopic (exact) mass is 388 g/mol. The van der Waals surface area contributed by atoms with E-state index >= 15 is 0 Å². The molecule has 1 atom stereocenters. The predicted octanol–water partition coefficient (Wildman–Crippen LogP) is 2.92. The van der Waals surface area contributed by atoms with Gasteiger partial charge >= 0.3 is 0 Å². The van der Waals surface area contributed by atoms with Gasteiger partial charge in [0.05, 0.1) is 12.8 Å². The Kier molecular flexibility index (Phi) is 4.78. The summed E-state index contributed by atoms with van der Waals surface area (Å²) in [6, 6.07) is 22.6. The van der Waals surface area contributed by atoms with Gasteiger partial charge in [-0.05, 0) is 35.9 Å². The van der Waals surface area contributed by atoms with Crippen LogP contribution in [0.25, 0.3) is 0 Å². The number of carbonyl (C=O) groups excluding carboxylic acids is 2. The smallest absolute Gasteiger partial charge is 0.268 e. The molecule has 6 heteroatoms. The second-order valence-corrected chi connectivity index (χ2v) is 6.76. The Morgan fingerprint density at radius 3 is 2.34 bits per heavy atom. The van der Waals surface area contributed by atoms with Gasteiger partial charge < -0.3 is 15.2 Å². The summed E-state index contributed by atoms with van der Waals surface area (Å²) in [6.45, 7) is -0.211. The van der Waals surface area contributed by atoms with Crippen molar-refractivity contribution in [1.82, 2.24) is 0 Å². The van der Waals surface area contributed by atoms with Crippen molar-refractivity contribution in [2.45, 2.75) is 5.60 Å². The van der Waals surface area contributed by atoms with E-state index in [9.17, 15) is 14.7 Å². The van der Waals surface area contributed by atoms with Crippen molar-refractivity contribution in [3.05, 3.63) is 90.0 Å². The Hall–Kier alpha value is -3.64. The summed E-state index contributed by atoms with van der Waals surface area (Å²) in [5.74, 6) is -0.231. The first kappa shape index (κ1) is 18.7. The van der Waals surface area contributed by atoms with Gasteiger partial charge in [0.1, 0.15) is 12.3 Å². The second kappa shape index (κ2) is 7.41. The van der Waals surface area contributed by atoms with Gasteiger partial charge in [0.25, 0.3) is 5.91 Å². The lowest BCUT2D eigenvalue weighted by Crippen LogP contribution is -2.44. The minimum absolute atomic E-state index is 0.211. The maximum Gasteiger partial charge on any atom is 0.268 e. The number of fused-ring (bicyclic) bond motifs is 1. The molecule has 0 radical (unpaired) electrons. The van der Waals surface area contributed by atoms with Crippen LogP contribution in [-0.2, 0) is 15.2 Å². The number of carbonyl (C=O) groups is 2. The fourth-order valence-electron chi connectivity index (χ4n) is 3.57. The van der Waals surface area contributed by atoms with Gasteiger partial charge in [-0.1, -0.05) is 48.5 Å². The van der Waals surface area contributed by atoms with Crippen LogP contribution in [0.2, 0.25) is 0 Å². The van der Waals surface area contributed by atoms with Crippen LogP contribution < -0.4 is 15.0 Å². The van der Waals surface area contributed by atoms with Crippen molar-refractivity contribution in [1.29, 1.82) is 0 Å². The van der Waals surface area contributed by atoms with E-state index in [0.29, 0.717) is 28.3 Å². The van der Waals surface area contributed by atoms with E-state index in [1.165, 1.54) is 4.90 Å². The number of anilines is 2. The van der Waals surface area contributed by atoms with Crippen molar-refractivity contribution in [3.8, 4) is 5.75 Å². The summed E-state index contributed by atoms with van der Waals surface area (Å²) >= 11 is 0. The SMILES string of the molecule is COc1ccc(NC(=O)CN2C(=O)[C@@](O)(c3ccccc3)c3ccccc32)cc1. The summed E-state index contributed by atoms with van der Waals surface area (Å²) in [5.41, 5.74) is 0.227. The van der Waals surface area contributed by atoms with Crippen molar-refractivity contribution in [3.63, 3.8) is 0 Å². The average molecular weight is 388 g/mol. The molecule has 2 N–H and O–H groups in total. The molecular weight excluding hydrogens is 368 g/mol. The number of nitrogens with zero attached hydrogens (tertiary/aromatic N) is 1. The van der Waals surface area contributed by atoms with E-state index in [1.54, 1.807) is 79.9 Å². The molecule has 0 fully saturated rings. The van der Waals surface area contributed by atoms with Crippen LogP contribution in [0.1, 0.15) is 11.1 Å². The number of hydrogen-bond donors (Lipinski definition) is 2. The summed E-state index contributed by atoms with van der Waals surface area (Å²) < 4.78 is 5.11. The van der Waals surface area contributed by atoms with Crippen LogP contribution in [0.15, 0.2) is 78.9 Å². The Morgan fingerprint density at radius 1 is 1.00 bits per heavy atom. The molecule has 146 valence electrons. The number of para-hydroxylation sites is 1. The van der Waals surface area contributed by atoms with E-state index in [-0.39, 0.29) is 12.5 Å². The molecule has 0 saturated carbocycles. The lowest BCUT2D eigenvalue weighted by Gasteiger charge is -2.23. The summed E-state index contributed by atoms with van der Waals surface area (Å²) in [4.78, 5) is 27.2. The molecule has 0 saturated heterocycles. The highest BCUT2D eigenvalue weighted by atomic mass is 16.5. The van der Waals surface area contributed by atoms with Crippen molar-refractivity contribution >= 4 is 23.2 Å². The molecule has 0 unspecified atom stereocenters. The molecular formula is C23H20N2O4. The minimum Gasteiger partial charge on any atom is -0.497 e. The van der Waals surface area contributed by atoms with Crippen molar-refractivity contribution in [2.75, 3.05) is 23.9 Å². The lowest BCUT2D eigenvalue weighted by atomic mass is 9.88. The maximum atomic E-state index is 13.2. The first-order chi connectivity index (χ1) is 14.0. The number of aliphatic hydroxyl groups is 1.